The van der Waals surface area contributed by atoms with Crippen LogP contribution >= 0.6 is 11.3 Å². The molecule has 0 saturated heterocycles. The molecule has 138 valence electrons. The molecule has 0 bridgehead atoms. The number of aromatic nitrogens is 3. The number of fused-ring (bicyclic) bond motifs is 1. The highest BCUT2D eigenvalue weighted by atomic mass is 32.1. The van der Waals surface area contributed by atoms with E-state index in [1.54, 1.807) is 6.92 Å². The van der Waals surface area contributed by atoms with Gasteiger partial charge in [-0.3, -0.25) is 0 Å². The average molecular weight is 374 g/mol. The third kappa shape index (κ3) is 3.16. The Kier molecular flexibility index (Phi) is 4.95. The number of hydrogen-bond donors (Lipinski definition) is 1. The van der Waals surface area contributed by atoms with Gasteiger partial charge in [0.15, 0.2) is 0 Å². The Hall–Kier alpha value is -2.48. The fraction of sp³-hybridized carbons (Fsp3) is 0.444. The Morgan fingerprint density at radius 1 is 1.27 bits per heavy atom. The largest absolute Gasteiger partial charge is 0.462 e. The van der Waals surface area contributed by atoms with Gasteiger partial charge < -0.3 is 14.6 Å². The van der Waals surface area contributed by atoms with Crippen molar-refractivity contribution in [2.45, 2.75) is 47.6 Å². The van der Waals surface area contributed by atoms with Gasteiger partial charge in [0.2, 0.25) is 0 Å². The predicted molar refractivity (Wildman–Crippen MR) is 101 cm³/mol. The number of aryl methyl sites for hydroxylation is 4. The molecule has 0 aliphatic rings. The molecular formula is C18H22N4O3S. The monoisotopic (exact) mass is 374 g/mol. The van der Waals surface area contributed by atoms with Gasteiger partial charge in [-0.1, -0.05) is 5.16 Å². The number of anilines is 1. The molecule has 3 aromatic heterocycles. The molecule has 8 heteroatoms. The van der Waals surface area contributed by atoms with Gasteiger partial charge in [-0.05, 0) is 47.1 Å². The normalized spacial score (nSPS) is 12.4. The molecule has 1 atom stereocenters. The molecule has 0 aliphatic heterocycles. The van der Waals surface area contributed by atoms with Crippen LogP contribution in [-0.2, 0) is 4.74 Å². The minimum absolute atomic E-state index is 0.0518. The van der Waals surface area contributed by atoms with Crippen LogP contribution in [-0.4, -0.2) is 27.7 Å². The fourth-order valence-electron chi connectivity index (χ4n) is 3.13. The SMILES string of the molecule is CCOC(=O)c1sc2nc(C)nc(NC(C)c3c(C)noc3C)c2c1C. The highest BCUT2D eigenvalue weighted by Gasteiger charge is 2.23. The Morgan fingerprint density at radius 3 is 2.62 bits per heavy atom. The van der Waals surface area contributed by atoms with Crippen LogP contribution in [0.5, 0.6) is 0 Å². The zero-order chi connectivity index (χ0) is 19.0. The summed E-state index contributed by atoms with van der Waals surface area (Å²) in [6.07, 6.45) is 0. The van der Waals surface area contributed by atoms with E-state index >= 15 is 0 Å². The van der Waals surface area contributed by atoms with Gasteiger partial charge in [0.25, 0.3) is 0 Å². The second-order valence-electron chi connectivity index (χ2n) is 6.18. The molecule has 0 amide bonds. The van der Waals surface area contributed by atoms with E-state index in [0.717, 1.165) is 32.8 Å². The van der Waals surface area contributed by atoms with E-state index in [1.807, 2.05) is 34.6 Å². The van der Waals surface area contributed by atoms with Crippen molar-refractivity contribution < 1.29 is 14.1 Å². The lowest BCUT2D eigenvalue weighted by Crippen LogP contribution is -2.11. The molecule has 0 fully saturated rings. The number of carbonyl (C=O) groups is 1. The number of hydrogen-bond acceptors (Lipinski definition) is 8. The molecule has 0 radical (unpaired) electrons. The van der Waals surface area contributed by atoms with Gasteiger partial charge in [0.1, 0.15) is 27.1 Å². The van der Waals surface area contributed by atoms with Gasteiger partial charge in [-0.15, -0.1) is 11.3 Å². The highest BCUT2D eigenvalue weighted by molar-refractivity contribution is 7.20. The molecule has 0 aromatic carbocycles. The second kappa shape index (κ2) is 7.03. The Bertz CT molecular complexity index is 957. The molecule has 26 heavy (non-hydrogen) atoms. The fourth-order valence-corrected chi connectivity index (χ4v) is 4.25. The topological polar surface area (TPSA) is 90.1 Å². The first kappa shape index (κ1) is 18.3. The Morgan fingerprint density at radius 2 is 2.00 bits per heavy atom. The Labute approximate surface area is 155 Å². The lowest BCUT2D eigenvalue weighted by molar-refractivity contribution is 0.0531. The lowest BCUT2D eigenvalue weighted by Gasteiger charge is -2.16. The summed E-state index contributed by atoms with van der Waals surface area (Å²) in [5.41, 5.74) is 2.68. The van der Waals surface area contributed by atoms with E-state index in [0.29, 0.717) is 23.1 Å². The molecule has 1 N–H and O–H groups in total. The van der Waals surface area contributed by atoms with Crippen molar-refractivity contribution in [3.05, 3.63) is 33.3 Å². The quantitative estimate of drug-likeness (QED) is 0.667. The Balaban J connectivity index is 2.06. The molecule has 3 aromatic rings. The van der Waals surface area contributed by atoms with Crippen molar-refractivity contribution in [2.24, 2.45) is 0 Å². The van der Waals surface area contributed by atoms with Crippen molar-refractivity contribution in [3.63, 3.8) is 0 Å². The number of nitrogens with zero attached hydrogens (tertiary/aromatic N) is 3. The van der Waals surface area contributed by atoms with Crippen LogP contribution in [0.3, 0.4) is 0 Å². The summed E-state index contributed by atoms with van der Waals surface area (Å²) in [5.74, 6) is 1.79. The predicted octanol–water partition coefficient (Wildman–Crippen LogP) is 4.26. The maximum absolute atomic E-state index is 12.2. The van der Waals surface area contributed by atoms with E-state index in [2.05, 4.69) is 20.4 Å². The molecule has 1 unspecified atom stereocenters. The second-order valence-corrected chi connectivity index (χ2v) is 7.18. The summed E-state index contributed by atoms with van der Waals surface area (Å²) in [5, 5.41) is 8.30. The zero-order valence-electron chi connectivity index (χ0n) is 15.8. The summed E-state index contributed by atoms with van der Waals surface area (Å²) in [6.45, 7) is 11.7. The van der Waals surface area contributed by atoms with Crippen molar-refractivity contribution in [1.82, 2.24) is 15.1 Å². The number of rotatable bonds is 5. The van der Waals surface area contributed by atoms with Gasteiger partial charge in [-0.25, -0.2) is 14.8 Å². The molecule has 7 nitrogen and oxygen atoms in total. The van der Waals surface area contributed by atoms with E-state index in [-0.39, 0.29) is 12.0 Å². The molecule has 3 heterocycles. The first-order chi connectivity index (χ1) is 12.3. The van der Waals surface area contributed by atoms with Gasteiger partial charge in [-0.2, -0.15) is 0 Å². The molecule has 0 spiro atoms. The van der Waals surface area contributed by atoms with E-state index < -0.39 is 0 Å². The standard InChI is InChI=1S/C18H22N4O3S/c1-7-24-18(23)15-8(2)13-16(20-12(6)21-17(13)26-15)19-9(3)14-10(4)22-25-11(14)5/h9H,7H2,1-6H3,(H,19,20,21). The van der Waals surface area contributed by atoms with Crippen LogP contribution in [0.15, 0.2) is 4.52 Å². The van der Waals surface area contributed by atoms with Crippen molar-refractivity contribution in [1.29, 1.82) is 0 Å². The number of carbonyl (C=O) groups excluding carboxylic acids is 1. The highest BCUT2D eigenvalue weighted by Crippen LogP contribution is 2.36. The summed E-state index contributed by atoms with van der Waals surface area (Å²) in [7, 11) is 0. The maximum atomic E-state index is 12.2. The van der Waals surface area contributed by atoms with E-state index in [9.17, 15) is 4.79 Å². The summed E-state index contributed by atoms with van der Waals surface area (Å²) >= 11 is 1.33. The van der Waals surface area contributed by atoms with Crippen LogP contribution in [0.25, 0.3) is 10.2 Å². The third-order valence-electron chi connectivity index (χ3n) is 4.24. The maximum Gasteiger partial charge on any atom is 0.348 e. The third-order valence-corrected chi connectivity index (χ3v) is 5.40. The van der Waals surface area contributed by atoms with Gasteiger partial charge in [0.05, 0.1) is 23.7 Å². The van der Waals surface area contributed by atoms with Crippen LogP contribution in [0, 0.1) is 27.7 Å². The minimum atomic E-state index is -0.324. The molecule has 0 aliphatic carbocycles. The lowest BCUT2D eigenvalue weighted by atomic mass is 10.1. The van der Waals surface area contributed by atoms with Crippen LogP contribution in [0.2, 0.25) is 0 Å². The number of nitrogens with one attached hydrogen (secondary N) is 1. The smallest absolute Gasteiger partial charge is 0.348 e. The summed E-state index contributed by atoms with van der Waals surface area (Å²) < 4.78 is 10.4. The number of ether oxygens (including phenoxy) is 1. The first-order valence-electron chi connectivity index (χ1n) is 8.47. The van der Waals surface area contributed by atoms with Gasteiger partial charge >= 0.3 is 5.97 Å². The number of esters is 1. The van der Waals surface area contributed by atoms with E-state index in [1.165, 1.54) is 11.3 Å². The summed E-state index contributed by atoms with van der Waals surface area (Å²) in [6, 6.07) is -0.0518. The molecule has 0 saturated carbocycles. The van der Waals surface area contributed by atoms with E-state index in [4.69, 9.17) is 9.26 Å². The van der Waals surface area contributed by atoms with Crippen molar-refractivity contribution in [3.8, 4) is 0 Å². The van der Waals surface area contributed by atoms with Crippen LogP contribution in [0.4, 0.5) is 5.82 Å². The zero-order valence-corrected chi connectivity index (χ0v) is 16.6. The van der Waals surface area contributed by atoms with Crippen molar-refractivity contribution in [2.75, 3.05) is 11.9 Å². The molecular weight excluding hydrogens is 352 g/mol. The number of thiophene rings is 1. The van der Waals surface area contributed by atoms with Crippen molar-refractivity contribution >= 4 is 33.3 Å². The summed E-state index contributed by atoms with van der Waals surface area (Å²) in [4.78, 5) is 22.6. The van der Waals surface area contributed by atoms with Gasteiger partial charge in [0, 0.05) is 5.56 Å². The molecule has 3 rings (SSSR count). The first-order valence-corrected chi connectivity index (χ1v) is 9.29. The van der Waals surface area contributed by atoms with Crippen LogP contribution in [0.1, 0.15) is 58.0 Å². The average Bonchev–Trinajstić information content (AvgIpc) is 3.07. The van der Waals surface area contributed by atoms with Crippen LogP contribution < -0.4 is 5.32 Å². The minimum Gasteiger partial charge on any atom is -0.462 e.